The molecule has 4 N–H and O–H groups in total. The van der Waals surface area contributed by atoms with Crippen LogP contribution in [0.5, 0.6) is 0 Å². The first-order valence-corrected chi connectivity index (χ1v) is 8.39. The molecule has 8 heteroatoms. The van der Waals surface area contributed by atoms with E-state index >= 15 is 0 Å². The zero-order valence-electron chi connectivity index (χ0n) is 13.8. The molecular weight excluding hydrogens is 326 g/mol. The Bertz CT molecular complexity index is 732. The third kappa shape index (κ3) is 3.82. The van der Waals surface area contributed by atoms with Crippen LogP contribution in [0.1, 0.15) is 18.7 Å². The smallest absolute Gasteiger partial charge is 0.222 e. The van der Waals surface area contributed by atoms with Gasteiger partial charge < -0.3 is 29.9 Å². The summed E-state index contributed by atoms with van der Waals surface area (Å²) in [6.45, 7) is 0.278. The van der Waals surface area contributed by atoms with Crippen LogP contribution >= 0.6 is 0 Å². The van der Waals surface area contributed by atoms with Crippen molar-refractivity contribution in [3.05, 3.63) is 30.1 Å². The molecule has 0 bridgehead atoms. The van der Waals surface area contributed by atoms with E-state index in [1.807, 2.05) is 28.8 Å². The number of hydrogen-bond acceptors (Lipinski definition) is 6. The van der Waals surface area contributed by atoms with Crippen LogP contribution in [0.4, 0.5) is 0 Å². The molecule has 1 aromatic heterocycles. The van der Waals surface area contributed by atoms with E-state index < -0.39 is 18.2 Å². The molecule has 1 saturated heterocycles. The van der Waals surface area contributed by atoms with Crippen LogP contribution in [0.2, 0.25) is 0 Å². The Balaban J connectivity index is 1.63. The summed E-state index contributed by atoms with van der Waals surface area (Å²) in [6.07, 6.45) is -0.900. The van der Waals surface area contributed by atoms with Crippen LogP contribution < -0.4 is 5.32 Å². The molecule has 0 radical (unpaired) electrons. The molecule has 2 heterocycles. The van der Waals surface area contributed by atoms with Crippen molar-refractivity contribution in [2.24, 2.45) is 0 Å². The summed E-state index contributed by atoms with van der Waals surface area (Å²) in [6, 6.07) is 7.08. The van der Waals surface area contributed by atoms with Gasteiger partial charge in [-0.15, -0.1) is 0 Å². The van der Waals surface area contributed by atoms with Gasteiger partial charge in [-0.25, -0.2) is 4.98 Å². The molecule has 3 rings (SSSR count). The third-order valence-electron chi connectivity index (χ3n) is 4.52. The van der Waals surface area contributed by atoms with Crippen molar-refractivity contribution in [1.29, 1.82) is 0 Å². The fraction of sp³-hybridized carbons (Fsp3) is 0.529. The second-order valence-corrected chi connectivity index (χ2v) is 6.12. The number of amides is 1. The SMILES string of the molecule is O=C(CCn1c(CO)nc2ccccc21)N[C@H]1CCO[C@H](CO)[C@H]1O. The predicted octanol–water partition coefficient (Wildman–Crippen LogP) is -0.454. The number of ether oxygens (including phenoxy) is 1. The minimum absolute atomic E-state index is 0.196. The lowest BCUT2D eigenvalue weighted by atomic mass is 10.00. The monoisotopic (exact) mass is 349 g/mol. The highest BCUT2D eigenvalue weighted by molar-refractivity contribution is 5.78. The van der Waals surface area contributed by atoms with Gasteiger partial charge in [-0.3, -0.25) is 4.79 Å². The lowest BCUT2D eigenvalue weighted by Crippen LogP contribution is -2.54. The van der Waals surface area contributed by atoms with Gasteiger partial charge in [0.2, 0.25) is 5.91 Å². The second kappa shape index (κ2) is 7.92. The normalized spacial score (nSPS) is 23.7. The molecule has 1 fully saturated rings. The average Bonchev–Trinajstić information content (AvgIpc) is 2.99. The molecule has 0 unspecified atom stereocenters. The van der Waals surface area contributed by atoms with E-state index in [2.05, 4.69) is 10.3 Å². The topological polar surface area (TPSA) is 117 Å². The number of hydrogen-bond donors (Lipinski definition) is 4. The van der Waals surface area contributed by atoms with Gasteiger partial charge in [0.1, 0.15) is 24.6 Å². The van der Waals surface area contributed by atoms with E-state index in [0.29, 0.717) is 25.4 Å². The highest BCUT2D eigenvalue weighted by atomic mass is 16.5. The number of carbonyl (C=O) groups excluding carboxylic acids is 1. The van der Waals surface area contributed by atoms with Crippen molar-refractivity contribution in [2.45, 2.75) is 44.2 Å². The first kappa shape index (κ1) is 17.8. The van der Waals surface area contributed by atoms with Gasteiger partial charge in [-0.2, -0.15) is 0 Å². The van der Waals surface area contributed by atoms with Crippen molar-refractivity contribution in [3.8, 4) is 0 Å². The summed E-state index contributed by atoms with van der Waals surface area (Å²) < 4.78 is 7.08. The van der Waals surface area contributed by atoms with E-state index in [4.69, 9.17) is 9.84 Å². The van der Waals surface area contributed by atoms with Crippen molar-refractivity contribution in [1.82, 2.24) is 14.9 Å². The van der Waals surface area contributed by atoms with Crippen LogP contribution in [0.3, 0.4) is 0 Å². The molecule has 2 aromatic rings. The van der Waals surface area contributed by atoms with Gasteiger partial charge in [0.05, 0.1) is 23.7 Å². The van der Waals surface area contributed by atoms with Gasteiger partial charge in [0.25, 0.3) is 0 Å². The lowest BCUT2D eigenvalue weighted by molar-refractivity contribution is -0.131. The largest absolute Gasteiger partial charge is 0.394 e. The number of nitrogens with one attached hydrogen (secondary N) is 1. The quantitative estimate of drug-likeness (QED) is 0.561. The van der Waals surface area contributed by atoms with Gasteiger partial charge >= 0.3 is 0 Å². The van der Waals surface area contributed by atoms with Gasteiger partial charge in [-0.05, 0) is 18.6 Å². The number of rotatable bonds is 6. The number of aliphatic hydroxyl groups excluding tert-OH is 3. The molecule has 136 valence electrons. The summed E-state index contributed by atoms with van der Waals surface area (Å²) in [4.78, 5) is 16.6. The first-order chi connectivity index (χ1) is 12.1. The molecule has 0 spiro atoms. The Morgan fingerprint density at radius 2 is 2.16 bits per heavy atom. The molecule has 0 saturated carbocycles. The number of aliphatic hydroxyl groups is 3. The second-order valence-electron chi connectivity index (χ2n) is 6.12. The van der Waals surface area contributed by atoms with Gasteiger partial charge in [0.15, 0.2) is 0 Å². The number of nitrogens with zero attached hydrogens (tertiary/aromatic N) is 2. The number of benzene rings is 1. The summed E-state index contributed by atoms with van der Waals surface area (Å²) in [5, 5.41) is 31.6. The lowest BCUT2D eigenvalue weighted by Gasteiger charge is -2.34. The highest BCUT2D eigenvalue weighted by Gasteiger charge is 2.33. The van der Waals surface area contributed by atoms with Crippen LogP contribution in [0.25, 0.3) is 11.0 Å². The minimum atomic E-state index is -0.926. The molecular formula is C17H23N3O5. The Morgan fingerprint density at radius 3 is 2.92 bits per heavy atom. The fourth-order valence-electron chi connectivity index (χ4n) is 3.18. The van der Waals surface area contributed by atoms with Crippen LogP contribution in [-0.2, 0) is 22.7 Å². The summed E-state index contributed by atoms with van der Waals surface area (Å²) in [5.41, 5.74) is 1.64. The molecule has 1 aromatic carbocycles. The summed E-state index contributed by atoms with van der Waals surface area (Å²) in [7, 11) is 0. The number of imidazole rings is 1. The number of aryl methyl sites for hydroxylation is 1. The number of aromatic nitrogens is 2. The molecule has 1 aliphatic rings. The van der Waals surface area contributed by atoms with E-state index in [0.717, 1.165) is 11.0 Å². The van der Waals surface area contributed by atoms with Crippen molar-refractivity contribution < 1.29 is 24.9 Å². The summed E-state index contributed by atoms with van der Waals surface area (Å²) >= 11 is 0. The van der Waals surface area contributed by atoms with Crippen molar-refractivity contribution in [2.75, 3.05) is 13.2 Å². The fourth-order valence-corrected chi connectivity index (χ4v) is 3.18. The molecule has 3 atom stereocenters. The summed E-state index contributed by atoms with van der Waals surface area (Å²) in [5.74, 6) is 0.310. The highest BCUT2D eigenvalue weighted by Crippen LogP contribution is 2.17. The first-order valence-electron chi connectivity index (χ1n) is 8.39. The van der Waals surface area contributed by atoms with E-state index in [9.17, 15) is 15.0 Å². The van der Waals surface area contributed by atoms with Gasteiger partial charge in [-0.1, -0.05) is 12.1 Å². The molecule has 1 amide bonds. The number of fused-ring (bicyclic) bond motifs is 1. The molecule has 8 nitrogen and oxygen atoms in total. The standard InChI is InChI=1S/C17H23N3O5/c21-9-14-17(24)12(6-8-25-14)19-16(23)5-7-20-13-4-2-1-3-11(13)18-15(20)10-22/h1-4,12,14,17,21-22,24H,5-10H2,(H,19,23)/t12-,14+,17-/m0/s1. The maximum Gasteiger partial charge on any atom is 0.222 e. The maximum absolute atomic E-state index is 12.3. The Morgan fingerprint density at radius 1 is 1.36 bits per heavy atom. The van der Waals surface area contributed by atoms with Crippen LogP contribution in [0.15, 0.2) is 24.3 Å². The molecule has 0 aliphatic carbocycles. The Hall–Kier alpha value is -2.00. The maximum atomic E-state index is 12.3. The van der Waals surface area contributed by atoms with Crippen molar-refractivity contribution >= 4 is 16.9 Å². The zero-order valence-corrected chi connectivity index (χ0v) is 13.8. The van der Waals surface area contributed by atoms with E-state index in [-0.39, 0.29) is 25.5 Å². The predicted molar refractivity (Wildman–Crippen MR) is 89.7 cm³/mol. The Kier molecular flexibility index (Phi) is 5.64. The molecule has 25 heavy (non-hydrogen) atoms. The van der Waals surface area contributed by atoms with E-state index in [1.54, 1.807) is 0 Å². The van der Waals surface area contributed by atoms with E-state index in [1.165, 1.54) is 0 Å². The number of carbonyl (C=O) groups is 1. The average molecular weight is 349 g/mol. The minimum Gasteiger partial charge on any atom is -0.394 e. The van der Waals surface area contributed by atoms with Crippen molar-refractivity contribution in [3.63, 3.8) is 0 Å². The van der Waals surface area contributed by atoms with Crippen LogP contribution in [-0.4, -0.2) is 62.2 Å². The van der Waals surface area contributed by atoms with Crippen LogP contribution in [0, 0.1) is 0 Å². The zero-order chi connectivity index (χ0) is 17.8. The third-order valence-corrected chi connectivity index (χ3v) is 4.52. The van der Waals surface area contributed by atoms with Gasteiger partial charge in [0, 0.05) is 19.6 Å². The molecule has 1 aliphatic heterocycles. The Labute approximate surface area is 145 Å². The number of para-hydroxylation sites is 2.